The van der Waals surface area contributed by atoms with Crippen molar-refractivity contribution in [2.75, 3.05) is 0 Å². The summed E-state index contributed by atoms with van der Waals surface area (Å²) in [6.45, 7) is 0. The van der Waals surface area contributed by atoms with Crippen LogP contribution in [0, 0.1) is 0 Å². The van der Waals surface area contributed by atoms with Crippen LogP contribution >= 0.6 is 0 Å². The van der Waals surface area contributed by atoms with Gasteiger partial charge in [-0.2, -0.15) is 13.2 Å². The lowest BCUT2D eigenvalue weighted by Gasteiger charge is -2.15. The van der Waals surface area contributed by atoms with Gasteiger partial charge in [-0.15, -0.1) is 0 Å². The molecule has 0 aromatic heterocycles. The molecule has 3 rings (SSSR count). The number of hydrogen-bond acceptors (Lipinski definition) is 3. The Hall–Kier alpha value is -3.94. The van der Waals surface area contributed by atoms with Crippen LogP contribution in [0.25, 0.3) is 0 Å². The van der Waals surface area contributed by atoms with Crippen LogP contribution < -0.4 is 5.32 Å². The second kappa shape index (κ2) is 9.47. The molecule has 2 N–H and O–H groups in total. The standard InChI is InChI=1S/C24H18F3NO4/c25-24(26,27)19-12-10-18(11-13-19)22(30)28-20(23(31)32)14-15-6-8-17(9-7-15)21(29)16-4-2-1-3-5-16/h1-13,20H,14H2,(H,28,30)(H,31,32)/t20-/m0/s1. The van der Waals surface area contributed by atoms with Gasteiger partial charge in [-0.05, 0) is 29.8 Å². The highest BCUT2D eigenvalue weighted by Gasteiger charge is 2.30. The van der Waals surface area contributed by atoms with Gasteiger partial charge < -0.3 is 10.4 Å². The van der Waals surface area contributed by atoms with E-state index >= 15 is 0 Å². The van der Waals surface area contributed by atoms with E-state index in [9.17, 15) is 32.7 Å². The van der Waals surface area contributed by atoms with Crippen molar-refractivity contribution < 1.29 is 32.7 Å². The average Bonchev–Trinajstić information content (AvgIpc) is 2.78. The number of carboxylic acids is 1. The summed E-state index contributed by atoms with van der Waals surface area (Å²) in [4.78, 5) is 36.4. The fraction of sp³-hybridized carbons (Fsp3) is 0.125. The molecule has 32 heavy (non-hydrogen) atoms. The van der Waals surface area contributed by atoms with Gasteiger partial charge in [-0.1, -0.05) is 54.6 Å². The molecule has 0 aliphatic carbocycles. The lowest BCUT2D eigenvalue weighted by molar-refractivity contribution is -0.139. The third-order valence-electron chi connectivity index (χ3n) is 4.77. The highest BCUT2D eigenvalue weighted by molar-refractivity contribution is 6.08. The van der Waals surface area contributed by atoms with E-state index in [1.54, 1.807) is 54.6 Å². The molecule has 0 radical (unpaired) electrons. The first-order chi connectivity index (χ1) is 15.1. The minimum absolute atomic E-state index is 0.0679. The van der Waals surface area contributed by atoms with Gasteiger partial charge in [0.25, 0.3) is 5.91 Å². The quantitative estimate of drug-likeness (QED) is 0.534. The molecule has 5 nitrogen and oxygen atoms in total. The maximum Gasteiger partial charge on any atom is 0.416 e. The molecular weight excluding hydrogens is 423 g/mol. The highest BCUT2D eigenvalue weighted by Crippen LogP contribution is 2.29. The van der Waals surface area contributed by atoms with Crippen molar-refractivity contribution in [3.05, 3.63) is 107 Å². The van der Waals surface area contributed by atoms with Crippen LogP contribution in [-0.2, 0) is 17.4 Å². The van der Waals surface area contributed by atoms with Gasteiger partial charge in [0.2, 0.25) is 0 Å². The molecule has 0 unspecified atom stereocenters. The van der Waals surface area contributed by atoms with E-state index in [-0.39, 0.29) is 17.8 Å². The third kappa shape index (κ3) is 5.60. The lowest BCUT2D eigenvalue weighted by Crippen LogP contribution is -2.42. The molecule has 3 aromatic rings. The number of halogens is 3. The molecule has 1 amide bonds. The molecule has 0 fully saturated rings. The maximum atomic E-state index is 12.7. The first-order valence-corrected chi connectivity index (χ1v) is 9.55. The van der Waals surface area contributed by atoms with Gasteiger partial charge in [0.1, 0.15) is 6.04 Å². The summed E-state index contributed by atoms with van der Waals surface area (Å²) in [6.07, 6.45) is -4.60. The number of amides is 1. The fourth-order valence-corrected chi connectivity index (χ4v) is 3.04. The molecule has 0 bridgehead atoms. The number of ketones is 1. The summed E-state index contributed by atoms with van der Waals surface area (Å²) < 4.78 is 38.0. The van der Waals surface area contributed by atoms with E-state index in [1.807, 2.05) is 0 Å². The SMILES string of the molecule is O=C(N[C@@H](Cc1ccc(C(=O)c2ccccc2)cc1)C(=O)O)c1ccc(C(F)(F)F)cc1. The Morgan fingerprint density at radius 2 is 1.31 bits per heavy atom. The Kier molecular flexibility index (Phi) is 6.73. The molecule has 0 saturated carbocycles. The minimum atomic E-state index is -4.54. The smallest absolute Gasteiger partial charge is 0.416 e. The molecule has 164 valence electrons. The van der Waals surface area contributed by atoms with Crippen LogP contribution in [0.15, 0.2) is 78.9 Å². The van der Waals surface area contributed by atoms with Crippen molar-refractivity contribution in [2.24, 2.45) is 0 Å². The zero-order valence-electron chi connectivity index (χ0n) is 16.6. The van der Waals surface area contributed by atoms with Crippen LogP contribution in [0.1, 0.15) is 37.4 Å². The topological polar surface area (TPSA) is 83.5 Å². The number of aliphatic carboxylic acids is 1. The average molecular weight is 441 g/mol. The molecule has 0 aliphatic rings. The summed E-state index contributed by atoms with van der Waals surface area (Å²) in [5.74, 6) is -2.28. The van der Waals surface area contributed by atoms with Gasteiger partial charge in [-0.25, -0.2) is 4.79 Å². The third-order valence-corrected chi connectivity index (χ3v) is 4.77. The predicted molar refractivity (Wildman–Crippen MR) is 110 cm³/mol. The van der Waals surface area contributed by atoms with E-state index < -0.39 is 29.7 Å². The Balaban J connectivity index is 1.68. The molecule has 0 spiro atoms. The summed E-state index contributed by atoms with van der Waals surface area (Å²) in [5, 5.41) is 11.8. The van der Waals surface area contributed by atoms with Crippen LogP contribution in [-0.4, -0.2) is 28.8 Å². The second-order valence-electron chi connectivity index (χ2n) is 7.04. The van der Waals surface area contributed by atoms with E-state index in [1.165, 1.54) is 0 Å². The predicted octanol–water partition coefficient (Wildman–Crippen LogP) is 4.36. The number of benzene rings is 3. The largest absolute Gasteiger partial charge is 0.480 e. The molecule has 0 heterocycles. The Labute approximate surface area is 181 Å². The van der Waals surface area contributed by atoms with Crippen molar-refractivity contribution in [3.63, 3.8) is 0 Å². The highest BCUT2D eigenvalue weighted by atomic mass is 19.4. The minimum Gasteiger partial charge on any atom is -0.480 e. The summed E-state index contributed by atoms with van der Waals surface area (Å²) in [6, 6.07) is 17.2. The van der Waals surface area contributed by atoms with Gasteiger partial charge in [-0.3, -0.25) is 9.59 Å². The molecule has 3 aromatic carbocycles. The molecule has 0 saturated heterocycles. The maximum absolute atomic E-state index is 12.7. The monoisotopic (exact) mass is 441 g/mol. The molecule has 0 aliphatic heterocycles. The number of carbonyl (C=O) groups excluding carboxylic acids is 2. The number of hydrogen-bond donors (Lipinski definition) is 2. The number of alkyl halides is 3. The lowest BCUT2D eigenvalue weighted by atomic mass is 9.99. The Bertz CT molecular complexity index is 1110. The van der Waals surface area contributed by atoms with E-state index in [2.05, 4.69) is 5.32 Å². The molecular formula is C24H18F3NO4. The van der Waals surface area contributed by atoms with Crippen LogP contribution in [0.5, 0.6) is 0 Å². The first-order valence-electron chi connectivity index (χ1n) is 9.55. The number of carbonyl (C=O) groups is 3. The van der Waals surface area contributed by atoms with Gasteiger partial charge in [0.05, 0.1) is 5.56 Å². The first kappa shape index (κ1) is 22.7. The van der Waals surface area contributed by atoms with Crippen molar-refractivity contribution in [2.45, 2.75) is 18.6 Å². The summed E-state index contributed by atoms with van der Waals surface area (Å²) in [7, 11) is 0. The van der Waals surface area contributed by atoms with Crippen molar-refractivity contribution in [1.82, 2.24) is 5.32 Å². The van der Waals surface area contributed by atoms with Gasteiger partial charge in [0, 0.05) is 23.1 Å². The Morgan fingerprint density at radius 3 is 1.84 bits per heavy atom. The molecule has 1 atom stereocenters. The van der Waals surface area contributed by atoms with Crippen molar-refractivity contribution in [3.8, 4) is 0 Å². The van der Waals surface area contributed by atoms with Crippen molar-refractivity contribution in [1.29, 1.82) is 0 Å². The molecule has 8 heteroatoms. The Morgan fingerprint density at radius 1 is 0.781 bits per heavy atom. The fourth-order valence-electron chi connectivity index (χ4n) is 3.04. The number of rotatable bonds is 7. The number of carboxylic acid groups (broad SMARTS) is 1. The zero-order chi connectivity index (χ0) is 23.3. The van der Waals surface area contributed by atoms with Gasteiger partial charge >= 0.3 is 12.1 Å². The summed E-state index contributed by atoms with van der Waals surface area (Å²) >= 11 is 0. The number of nitrogens with one attached hydrogen (secondary N) is 1. The van der Waals surface area contributed by atoms with Gasteiger partial charge in [0.15, 0.2) is 5.78 Å². The van der Waals surface area contributed by atoms with Crippen LogP contribution in [0.3, 0.4) is 0 Å². The van der Waals surface area contributed by atoms with E-state index in [0.717, 1.165) is 24.3 Å². The zero-order valence-corrected chi connectivity index (χ0v) is 16.6. The normalized spacial score (nSPS) is 12.1. The van der Waals surface area contributed by atoms with Crippen molar-refractivity contribution >= 4 is 17.7 Å². The van der Waals surface area contributed by atoms with E-state index in [4.69, 9.17) is 0 Å². The van der Waals surface area contributed by atoms with E-state index in [0.29, 0.717) is 16.7 Å². The van der Waals surface area contributed by atoms with Crippen LogP contribution in [0.2, 0.25) is 0 Å². The second-order valence-corrected chi connectivity index (χ2v) is 7.04. The summed E-state index contributed by atoms with van der Waals surface area (Å²) in [5.41, 5.74) is 0.518. The van der Waals surface area contributed by atoms with Crippen LogP contribution in [0.4, 0.5) is 13.2 Å².